The minimum absolute atomic E-state index is 0.140. The second kappa shape index (κ2) is 8.42. The Kier molecular flexibility index (Phi) is 5.55. The fraction of sp³-hybridized carbons (Fsp3) is 0.0455. The van der Waals surface area contributed by atoms with Crippen molar-refractivity contribution in [3.63, 3.8) is 0 Å². The molecule has 1 amide bonds. The summed E-state index contributed by atoms with van der Waals surface area (Å²) >= 11 is 7.38. The summed E-state index contributed by atoms with van der Waals surface area (Å²) in [6.45, 7) is 0. The van der Waals surface area contributed by atoms with E-state index in [1.807, 2.05) is 42.5 Å². The predicted molar refractivity (Wildman–Crippen MR) is 116 cm³/mol. The fourth-order valence-electron chi connectivity index (χ4n) is 2.79. The van der Waals surface area contributed by atoms with Crippen molar-refractivity contribution < 1.29 is 4.79 Å². The molecule has 1 aromatic heterocycles. The third-order valence-corrected chi connectivity index (χ3v) is 5.43. The van der Waals surface area contributed by atoms with Gasteiger partial charge in [-0.1, -0.05) is 71.9 Å². The Bertz CT molecular complexity index is 1130. The molecule has 0 radical (unpaired) electrons. The van der Waals surface area contributed by atoms with Crippen LogP contribution in [0.3, 0.4) is 0 Å². The molecule has 4 nitrogen and oxygen atoms in total. The molecule has 0 fully saturated rings. The van der Waals surface area contributed by atoms with Gasteiger partial charge in [0, 0.05) is 5.56 Å². The molecule has 4 rings (SSSR count). The molecule has 28 heavy (non-hydrogen) atoms. The number of carbonyl (C=O) groups excluding carboxylic acids is 1. The summed E-state index contributed by atoms with van der Waals surface area (Å²) in [5.74, 6) is 0.0911. The number of hydrogen-bond acceptors (Lipinski definition) is 4. The van der Waals surface area contributed by atoms with Crippen LogP contribution in [-0.2, 0) is 4.79 Å². The SMILES string of the molecule is O=C(CSc1ccc(-c2ccc3ccccc3c2)nn1)Nc1ccccc1Cl. The lowest BCUT2D eigenvalue weighted by Gasteiger charge is -2.07. The molecule has 1 N–H and O–H groups in total. The van der Waals surface area contributed by atoms with Gasteiger partial charge in [-0.3, -0.25) is 4.79 Å². The molecule has 0 aliphatic heterocycles. The third kappa shape index (κ3) is 4.32. The molecule has 1 heterocycles. The molecule has 0 bridgehead atoms. The molecule has 4 aromatic rings. The van der Waals surface area contributed by atoms with Crippen LogP contribution in [0.5, 0.6) is 0 Å². The Morgan fingerprint density at radius 1 is 0.893 bits per heavy atom. The zero-order valence-electron chi connectivity index (χ0n) is 14.8. The number of aromatic nitrogens is 2. The summed E-state index contributed by atoms with van der Waals surface area (Å²) in [5, 5.41) is 14.9. The van der Waals surface area contributed by atoms with Crippen LogP contribution in [0.1, 0.15) is 0 Å². The summed E-state index contributed by atoms with van der Waals surface area (Å²) in [6.07, 6.45) is 0. The lowest BCUT2D eigenvalue weighted by molar-refractivity contribution is -0.113. The first kappa shape index (κ1) is 18.5. The lowest BCUT2D eigenvalue weighted by atomic mass is 10.1. The predicted octanol–water partition coefficient (Wildman–Crippen LogP) is 5.68. The van der Waals surface area contributed by atoms with E-state index in [4.69, 9.17) is 11.6 Å². The van der Waals surface area contributed by atoms with Crippen molar-refractivity contribution in [3.8, 4) is 11.3 Å². The number of amides is 1. The number of rotatable bonds is 5. The van der Waals surface area contributed by atoms with Crippen molar-refractivity contribution >= 4 is 45.7 Å². The Hall–Kier alpha value is -2.89. The summed E-state index contributed by atoms with van der Waals surface area (Å²) in [7, 11) is 0. The van der Waals surface area contributed by atoms with Gasteiger partial charge < -0.3 is 5.32 Å². The van der Waals surface area contributed by atoms with Crippen LogP contribution in [-0.4, -0.2) is 21.9 Å². The van der Waals surface area contributed by atoms with Crippen molar-refractivity contribution in [1.29, 1.82) is 0 Å². The molecule has 0 atom stereocenters. The molecule has 0 aliphatic carbocycles. The minimum Gasteiger partial charge on any atom is -0.324 e. The van der Waals surface area contributed by atoms with E-state index in [-0.39, 0.29) is 11.7 Å². The van der Waals surface area contributed by atoms with Crippen molar-refractivity contribution in [2.75, 3.05) is 11.1 Å². The summed E-state index contributed by atoms with van der Waals surface area (Å²) < 4.78 is 0. The number of nitrogens with one attached hydrogen (secondary N) is 1. The van der Waals surface area contributed by atoms with Gasteiger partial charge in [-0.15, -0.1) is 10.2 Å². The van der Waals surface area contributed by atoms with Crippen molar-refractivity contribution in [2.24, 2.45) is 0 Å². The Labute approximate surface area is 172 Å². The number of anilines is 1. The van der Waals surface area contributed by atoms with E-state index in [9.17, 15) is 4.79 Å². The van der Waals surface area contributed by atoms with Gasteiger partial charge >= 0.3 is 0 Å². The maximum absolute atomic E-state index is 12.1. The molecule has 6 heteroatoms. The highest BCUT2D eigenvalue weighted by atomic mass is 35.5. The molecule has 0 unspecified atom stereocenters. The average Bonchev–Trinajstić information content (AvgIpc) is 2.74. The molecular weight excluding hydrogens is 390 g/mol. The van der Waals surface area contributed by atoms with Crippen LogP contribution in [0.4, 0.5) is 5.69 Å². The largest absolute Gasteiger partial charge is 0.324 e. The summed E-state index contributed by atoms with van der Waals surface area (Å²) in [5.41, 5.74) is 2.42. The molecule has 0 saturated carbocycles. The maximum Gasteiger partial charge on any atom is 0.234 e. The summed E-state index contributed by atoms with van der Waals surface area (Å²) in [6, 6.07) is 25.4. The Balaban J connectivity index is 1.40. The lowest BCUT2D eigenvalue weighted by Crippen LogP contribution is -2.14. The number of benzene rings is 3. The number of carbonyl (C=O) groups is 1. The van der Waals surface area contributed by atoms with Gasteiger partial charge in [0.2, 0.25) is 5.91 Å². The second-order valence-electron chi connectivity index (χ2n) is 6.14. The number of thioether (sulfide) groups is 1. The zero-order valence-corrected chi connectivity index (χ0v) is 16.4. The standard InChI is InChI=1S/C22H16ClN3OS/c23-18-7-3-4-8-20(18)24-21(27)14-28-22-12-11-19(25-26-22)17-10-9-15-5-1-2-6-16(15)13-17/h1-13H,14H2,(H,24,27). The second-order valence-corrected chi connectivity index (χ2v) is 7.54. The quantitative estimate of drug-likeness (QED) is 0.434. The van der Waals surface area contributed by atoms with Crippen LogP contribution < -0.4 is 5.32 Å². The number of fused-ring (bicyclic) bond motifs is 1. The average molecular weight is 406 g/mol. The van der Waals surface area contributed by atoms with E-state index in [1.54, 1.807) is 12.1 Å². The van der Waals surface area contributed by atoms with Crippen LogP contribution in [0.2, 0.25) is 5.02 Å². The van der Waals surface area contributed by atoms with E-state index in [2.05, 4.69) is 39.8 Å². The van der Waals surface area contributed by atoms with E-state index in [0.29, 0.717) is 15.7 Å². The normalized spacial score (nSPS) is 10.8. The molecule has 3 aromatic carbocycles. The van der Waals surface area contributed by atoms with Gasteiger partial charge in [-0.2, -0.15) is 0 Å². The third-order valence-electron chi connectivity index (χ3n) is 4.18. The smallest absolute Gasteiger partial charge is 0.234 e. The first-order valence-electron chi connectivity index (χ1n) is 8.69. The van der Waals surface area contributed by atoms with E-state index >= 15 is 0 Å². The molecule has 138 valence electrons. The van der Waals surface area contributed by atoms with Gasteiger partial charge in [0.25, 0.3) is 0 Å². The van der Waals surface area contributed by atoms with E-state index in [1.165, 1.54) is 17.1 Å². The van der Waals surface area contributed by atoms with Crippen molar-refractivity contribution in [3.05, 3.63) is 83.9 Å². The number of para-hydroxylation sites is 1. The fourth-order valence-corrected chi connectivity index (χ4v) is 3.58. The highest BCUT2D eigenvalue weighted by Gasteiger charge is 2.08. The van der Waals surface area contributed by atoms with Gasteiger partial charge in [0.15, 0.2) is 0 Å². The highest BCUT2D eigenvalue weighted by Crippen LogP contribution is 2.25. The zero-order chi connectivity index (χ0) is 19.3. The van der Waals surface area contributed by atoms with Gasteiger partial charge in [-0.25, -0.2) is 0 Å². The van der Waals surface area contributed by atoms with Gasteiger partial charge in [0.05, 0.1) is 22.2 Å². The van der Waals surface area contributed by atoms with Crippen LogP contribution in [0.25, 0.3) is 22.0 Å². The monoisotopic (exact) mass is 405 g/mol. The van der Waals surface area contributed by atoms with Crippen molar-refractivity contribution in [1.82, 2.24) is 10.2 Å². The molecule has 0 aliphatic rings. The number of halogens is 1. The Morgan fingerprint density at radius 2 is 1.68 bits per heavy atom. The molecule has 0 saturated heterocycles. The maximum atomic E-state index is 12.1. The molecule has 0 spiro atoms. The molecular formula is C22H16ClN3OS. The first-order valence-corrected chi connectivity index (χ1v) is 10.1. The van der Waals surface area contributed by atoms with Crippen molar-refractivity contribution in [2.45, 2.75) is 5.03 Å². The number of hydrogen-bond donors (Lipinski definition) is 1. The van der Waals surface area contributed by atoms with Crippen LogP contribution in [0, 0.1) is 0 Å². The van der Waals surface area contributed by atoms with E-state index < -0.39 is 0 Å². The topological polar surface area (TPSA) is 54.9 Å². The number of nitrogens with zero attached hydrogens (tertiary/aromatic N) is 2. The Morgan fingerprint density at radius 3 is 2.46 bits per heavy atom. The van der Waals surface area contributed by atoms with Gasteiger partial charge in [-0.05, 0) is 41.1 Å². The van der Waals surface area contributed by atoms with Crippen LogP contribution in [0.15, 0.2) is 83.9 Å². The first-order chi connectivity index (χ1) is 13.7. The highest BCUT2D eigenvalue weighted by molar-refractivity contribution is 7.99. The summed E-state index contributed by atoms with van der Waals surface area (Å²) in [4.78, 5) is 12.1. The van der Waals surface area contributed by atoms with Crippen LogP contribution >= 0.6 is 23.4 Å². The van der Waals surface area contributed by atoms with Gasteiger partial charge in [0.1, 0.15) is 5.03 Å². The van der Waals surface area contributed by atoms with E-state index in [0.717, 1.165) is 16.6 Å². The minimum atomic E-state index is -0.140.